The molecular weight excluding hydrogens is 298 g/mol. The average molecular weight is 313 g/mol. The molecule has 2 heterocycles. The molecule has 1 amide bonds. The zero-order valence-corrected chi connectivity index (χ0v) is 12.6. The van der Waals surface area contributed by atoms with E-state index in [9.17, 15) is 9.90 Å². The maximum Gasteiger partial charge on any atom is 0.249 e. The van der Waals surface area contributed by atoms with Crippen molar-refractivity contribution in [2.75, 3.05) is 0 Å². The molecule has 0 unspecified atom stereocenters. The molecule has 0 aliphatic heterocycles. The van der Waals surface area contributed by atoms with Gasteiger partial charge in [0.2, 0.25) is 5.91 Å². The lowest BCUT2D eigenvalue weighted by Crippen LogP contribution is -2.30. The summed E-state index contributed by atoms with van der Waals surface area (Å²) in [7, 11) is 0. The number of benzene rings is 1. The predicted octanol–water partition coefficient (Wildman–Crippen LogP) is 2.56. The molecule has 1 aliphatic rings. The molecule has 0 atom stereocenters. The van der Waals surface area contributed by atoms with Crippen LogP contribution in [-0.2, 0) is 0 Å². The number of aliphatic hydroxyl groups is 1. The van der Waals surface area contributed by atoms with Crippen molar-refractivity contribution in [1.29, 1.82) is 0 Å². The Morgan fingerprint density at radius 2 is 2.23 bits per heavy atom. The van der Waals surface area contributed by atoms with Crippen LogP contribution < -0.4 is 5.73 Å². The molecule has 112 valence electrons. The summed E-state index contributed by atoms with van der Waals surface area (Å²) in [5.41, 5.74) is 9.78. The second kappa shape index (κ2) is 4.93. The highest BCUT2D eigenvalue weighted by Gasteiger charge is 2.29. The van der Waals surface area contributed by atoms with Gasteiger partial charge in [-0.3, -0.25) is 9.78 Å². The van der Waals surface area contributed by atoms with Gasteiger partial charge in [-0.2, -0.15) is 0 Å². The Balaban J connectivity index is 1.92. The Hall–Kier alpha value is -2.18. The van der Waals surface area contributed by atoms with Gasteiger partial charge in [0.1, 0.15) is 0 Å². The number of hydrogen-bond acceptors (Lipinski definition) is 4. The molecule has 22 heavy (non-hydrogen) atoms. The predicted molar refractivity (Wildman–Crippen MR) is 85.8 cm³/mol. The molecule has 0 saturated heterocycles. The summed E-state index contributed by atoms with van der Waals surface area (Å²) in [5, 5.41) is 10.4. The van der Waals surface area contributed by atoms with Gasteiger partial charge in [-0.25, -0.2) is 0 Å². The third-order valence-corrected chi connectivity index (χ3v) is 5.12. The molecule has 0 radical (unpaired) electrons. The number of aliphatic hydroxyl groups excluding tert-OH is 1. The summed E-state index contributed by atoms with van der Waals surface area (Å²) < 4.78 is 2.14. The minimum Gasteiger partial charge on any atom is -0.393 e. The van der Waals surface area contributed by atoms with Gasteiger partial charge in [0.25, 0.3) is 0 Å². The Labute approximate surface area is 131 Å². The topological polar surface area (TPSA) is 81.1 Å². The number of nitrogens with zero attached hydrogens (tertiary/aromatic N) is 2. The maximum atomic E-state index is 11.8. The van der Waals surface area contributed by atoms with Crippen LogP contribution in [0.5, 0.6) is 0 Å². The lowest BCUT2D eigenvalue weighted by Gasteiger charge is -2.33. The van der Waals surface area contributed by atoms with Crippen molar-refractivity contribution in [2.45, 2.75) is 25.0 Å². The fourth-order valence-corrected chi connectivity index (χ4v) is 3.68. The van der Waals surface area contributed by atoms with Crippen LogP contribution in [0.2, 0.25) is 0 Å². The lowest BCUT2D eigenvalue weighted by molar-refractivity contribution is 0.0503. The first kappa shape index (κ1) is 13.5. The minimum absolute atomic E-state index is 0.220. The first-order chi connectivity index (χ1) is 10.6. The summed E-state index contributed by atoms with van der Waals surface area (Å²) in [6.45, 7) is 0. The van der Waals surface area contributed by atoms with Crippen LogP contribution in [0, 0.1) is 0 Å². The molecule has 3 N–H and O–H groups in total. The molecule has 1 fully saturated rings. The second-order valence-electron chi connectivity index (χ2n) is 5.69. The molecule has 0 bridgehead atoms. The first-order valence-corrected chi connectivity index (χ1v) is 8.03. The van der Waals surface area contributed by atoms with Gasteiger partial charge in [0, 0.05) is 34.9 Å². The van der Waals surface area contributed by atoms with Gasteiger partial charge in [-0.05, 0) is 36.6 Å². The van der Waals surface area contributed by atoms with Crippen LogP contribution in [0.15, 0.2) is 36.1 Å². The van der Waals surface area contributed by atoms with E-state index >= 15 is 0 Å². The molecule has 6 heteroatoms. The van der Waals surface area contributed by atoms with Gasteiger partial charge in [0.05, 0.1) is 16.5 Å². The average Bonchev–Trinajstić information content (AvgIpc) is 3.12. The Morgan fingerprint density at radius 1 is 1.41 bits per heavy atom. The molecule has 1 aromatic carbocycles. The van der Waals surface area contributed by atoms with Gasteiger partial charge < -0.3 is 15.4 Å². The van der Waals surface area contributed by atoms with Gasteiger partial charge >= 0.3 is 0 Å². The van der Waals surface area contributed by atoms with Crippen molar-refractivity contribution >= 4 is 28.1 Å². The van der Waals surface area contributed by atoms with Gasteiger partial charge in [0.15, 0.2) is 0 Å². The van der Waals surface area contributed by atoms with E-state index in [1.165, 1.54) is 11.3 Å². The number of primary amides is 1. The molecule has 0 spiro atoms. The third kappa shape index (κ3) is 2.03. The van der Waals surface area contributed by atoms with Crippen LogP contribution in [0.3, 0.4) is 0 Å². The highest BCUT2D eigenvalue weighted by Crippen LogP contribution is 2.37. The second-order valence-corrected chi connectivity index (χ2v) is 6.57. The van der Waals surface area contributed by atoms with E-state index in [4.69, 9.17) is 5.73 Å². The van der Waals surface area contributed by atoms with Crippen molar-refractivity contribution in [3.8, 4) is 10.4 Å². The van der Waals surface area contributed by atoms with E-state index in [2.05, 4.69) is 15.6 Å². The molecule has 1 aliphatic carbocycles. The van der Waals surface area contributed by atoms with Crippen molar-refractivity contribution in [3.63, 3.8) is 0 Å². The van der Waals surface area contributed by atoms with Gasteiger partial charge in [-0.15, -0.1) is 11.3 Å². The van der Waals surface area contributed by atoms with E-state index in [-0.39, 0.29) is 12.1 Å². The highest BCUT2D eigenvalue weighted by atomic mass is 32.1. The minimum atomic E-state index is -0.428. The van der Waals surface area contributed by atoms with Crippen LogP contribution in [-0.4, -0.2) is 26.7 Å². The van der Waals surface area contributed by atoms with Crippen molar-refractivity contribution in [1.82, 2.24) is 9.55 Å². The molecular formula is C16H15N3O2S. The Bertz CT molecular complexity index is 848. The first-order valence-electron chi connectivity index (χ1n) is 7.15. The fraction of sp³-hybridized carbons (Fsp3) is 0.250. The van der Waals surface area contributed by atoms with E-state index in [1.807, 2.05) is 18.3 Å². The maximum absolute atomic E-state index is 11.8. The number of fused-ring (bicyclic) bond motifs is 1. The van der Waals surface area contributed by atoms with E-state index in [0.717, 1.165) is 34.2 Å². The smallest absolute Gasteiger partial charge is 0.249 e. The molecule has 1 saturated carbocycles. The third-order valence-electron chi connectivity index (χ3n) is 4.30. The Kier molecular flexibility index (Phi) is 3.02. The quantitative estimate of drug-likeness (QED) is 0.779. The lowest BCUT2D eigenvalue weighted by atomic mass is 9.89. The van der Waals surface area contributed by atoms with Crippen molar-refractivity contribution in [3.05, 3.63) is 41.7 Å². The number of rotatable bonds is 3. The van der Waals surface area contributed by atoms with Crippen LogP contribution in [0.25, 0.3) is 21.3 Å². The van der Waals surface area contributed by atoms with Crippen molar-refractivity contribution in [2.24, 2.45) is 5.73 Å². The molecule has 2 aromatic heterocycles. The van der Waals surface area contributed by atoms with E-state index in [1.54, 1.807) is 11.7 Å². The molecule has 4 rings (SSSR count). The summed E-state index contributed by atoms with van der Waals surface area (Å²) in [6, 6.07) is 6.11. The number of carbonyl (C=O) groups excluding carboxylic acids is 1. The number of hydrogen-bond donors (Lipinski definition) is 2. The van der Waals surface area contributed by atoms with Crippen LogP contribution in [0.1, 0.15) is 29.2 Å². The molecule has 3 aromatic rings. The summed E-state index contributed by atoms with van der Waals surface area (Å²) in [5.74, 6) is -0.428. The SMILES string of the molecule is NC(=O)c1cc(-c2cncs2)cc2c1ccn2C1CC(O)C1. The van der Waals surface area contributed by atoms with Crippen LogP contribution >= 0.6 is 11.3 Å². The summed E-state index contributed by atoms with van der Waals surface area (Å²) in [4.78, 5) is 16.9. The standard InChI is InChI=1S/C16H15N3O2S/c17-16(21)13-3-9(15-7-18-8-22-15)4-14-12(13)1-2-19(14)10-5-11(20)6-10/h1-4,7-8,10-11,20H,5-6H2,(H2,17,21). The summed E-state index contributed by atoms with van der Waals surface area (Å²) in [6.07, 6.45) is 5.05. The van der Waals surface area contributed by atoms with Crippen molar-refractivity contribution < 1.29 is 9.90 Å². The number of nitrogens with two attached hydrogens (primary N) is 1. The highest BCUT2D eigenvalue weighted by molar-refractivity contribution is 7.13. The number of thiazole rings is 1. The zero-order chi connectivity index (χ0) is 15.3. The van der Waals surface area contributed by atoms with Crippen LogP contribution in [0.4, 0.5) is 0 Å². The van der Waals surface area contributed by atoms with Gasteiger partial charge in [-0.1, -0.05) is 0 Å². The van der Waals surface area contributed by atoms with E-state index in [0.29, 0.717) is 5.56 Å². The van der Waals surface area contributed by atoms with E-state index < -0.39 is 5.91 Å². The zero-order valence-electron chi connectivity index (χ0n) is 11.8. The summed E-state index contributed by atoms with van der Waals surface area (Å²) >= 11 is 1.53. The Morgan fingerprint density at radius 3 is 2.86 bits per heavy atom. The normalized spacial score (nSPS) is 21.0. The number of carbonyl (C=O) groups is 1. The number of amides is 1. The molecule has 5 nitrogen and oxygen atoms in total. The number of aromatic nitrogens is 2. The largest absolute Gasteiger partial charge is 0.393 e. The fourth-order valence-electron chi connectivity index (χ4n) is 3.07. The monoisotopic (exact) mass is 313 g/mol.